The first-order chi connectivity index (χ1) is 19.2. The lowest BCUT2D eigenvalue weighted by Crippen LogP contribution is -2.31. The van der Waals surface area contributed by atoms with E-state index in [1.54, 1.807) is 48.5 Å². The number of benzene rings is 3. The summed E-state index contributed by atoms with van der Waals surface area (Å²) in [7, 11) is 0. The zero-order chi connectivity index (χ0) is 28.3. The highest BCUT2D eigenvalue weighted by Crippen LogP contribution is 2.41. The van der Waals surface area contributed by atoms with Crippen molar-refractivity contribution in [2.75, 3.05) is 11.9 Å². The third kappa shape index (κ3) is 6.13. The number of anilines is 1. The summed E-state index contributed by atoms with van der Waals surface area (Å²) in [6.07, 6.45) is 3.70. The van der Waals surface area contributed by atoms with Crippen LogP contribution in [0.15, 0.2) is 72.8 Å². The van der Waals surface area contributed by atoms with Gasteiger partial charge in [0, 0.05) is 21.8 Å². The molecule has 1 aliphatic rings. The standard InChI is InChI=1S/C33H33ClN2O4/c1-4-33(2,3)21-9-18-29-27(19-21)31(26-7-5-6-8-28(26)36-29)32(38)39-20-30(37)35-23-12-16-25(17-13-23)40-24-14-10-22(34)11-15-24/h5-8,10-17,21H,4,9,18-20H2,1-3H3,(H,35,37). The van der Waals surface area contributed by atoms with E-state index in [0.29, 0.717) is 33.7 Å². The molecule has 3 aromatic carbocycles. The summed E-state index contributed by atoms with van der Waals surface area (Å²) in [5.41, 5.74) is 3.94. The number of ether oxygens (including phenoxy) is 2. The highest BCUT2D eigenvalue weighted by atomic mass is 35.5. The van der Waals surface area contributed by atoms with Gasteiger partial charge in [0.2, 0.25) is 0 Å². The van der Waals surface area contributed by atoms with Crippen molar-refractivity contribution in [1.82, 2.24) is 4.98 Å². The van der Waals surface area contributed by atoms with E-state index in [2.05, 4.69) is 26.1 Å². The Kier molecular flexibility index (Phi) is 8.08. The molecule has 1 aliphatic carbocycles. The second-order valence-electron chi connectivity index (χ2n) is 10.9. The maximum Gasteiger partial charge on any atom is 0.339 e. The number of pyridine rings is 1. The lowest BCUT2D eigenvalue weighted by molar-refractivity contribution is -0.119. The second-order valence-corrected chi connectivity index (χ2v) is 11.4. The normalized spacial score (nSPS) is 14.8. The predicted molar refractivity (Wildman–Crippen MR) is 158 cm³/mol. The Hall–Kier alpha value is -3.90. The lowest BCUT2D eigenvalue weighted by atomic mass is 9.68. The molecule has 0 aliphatic heterocycles. The number of aromatic nitrogens is 1. The maximum atomic E-state index is 13.5. The average Bonchev–Trinajstić information content (AvgIpc) is 2.96. The van der Waals surface area contributed by atoms with Crippen molar-refractivity contribution in [2.45, 2.75) is 46.5 Å². The van der Waals surface area contributed by atoms with Crippen LogP contribution < -0.4 is 10.1 Å². The van der Waals surface area contributed by atoms with Crippen molar-refractivity contribution in [1.29, 1.82) is 0 Å². The average molecular weight is 557 g/mol. The molecular formula is C33H33ClN2O4. The molecule has 0 spiro atoms. The number of hydrogen-bond acceptors (Lipinski definition) is 5. The molecular weight excluding hydrogens is 524 g/mol. The van der Waals surface area contributed by atoms with Gasteiger partial charge in [-0.15, -0.1) is 0 Å². The summed E-state index contributed by atoms with van der Waals surface area (Å²) < 4.78 is 11.4. The van der Waals surface area contributed by atoms with Crippen molar-refractivity contribution in [3.63, 3.8) is 0 Å². The molecule has 7 heteroatoms. The van der Waals surface area contributed by atoms with Gasteiger partial charge < -0.3 is 14.8 Å². The van der Waals surface area contributed by atoms with Gasteiger partial charge in [0.05, 0.1) is 11.1 Å². The van der Waals surface area contributed by atoms with Gasteiger partial charge in [-0.25, -0.2) is 4.79 Å². The lowest BCUT2D eigenvalue weighted by Gasteiger charge is -2.37. The Balaban J connectivity index is 1.27. The zero-order valence-electron chi connectivity index (χ0n) is 23.0. The van der Waals surface area contributed by atoms with Crippen LogP contribution in [0.3, 0.4) is 0 Å². The minimum absolute atomic E-state index is 0.153. The van der Waals surface area contributed by atoms with E-state index < -0.39 is 18.5 Å². The van der Waals surface area contributed by atoms with E-state index in [-0.39, 0.29) is 5.41 Å². The minimum atomic E-state index is -0.494. The monoisotopic (exact) mass is 556 g/mol. The Morgan fingerprint density at radius 1 is 1.00 bits per heavy atom. The second kappa shape index (κ2) is 11.7. The number of halogens is 1. The van der Waals surface area contributed by atoms with Crippen LogP contribution in [0.25, 0.3) is 10.9 Å². The quantitative estimate of drug-likeness (QED) is 0.222. The molecule has 1 atom stereocenters. The number of aryl methyl sites for hydroxylation is 1. The Morgan fingerprint density at radius 3 is 2.38 bits per heavy atom. The van der Waals surface area contributed by atoms with Crippen LogP contribution >= 0.6 is 11.6 Å². The molecule has 4 aromatic rings. The van der Waals surface area contributed by atoms with Gasteiger partial charge in [-0.1, -0.05) is 57.0 Å². The molecule has 0 radical (unpaired) electrons. The van der Waals surface area contributed by atoms with E-state index in [0.717, 1.165) is 47.8 Å². The van der Waals surface area contributed by atoms with Crippen LogP contribution in [-0.4, -0.2) is 23.5 Å². The van der Waals surface area contributed by atoms with Gasteiger partial charge in [-0.2, -0.15) is 0 Å². The Labute approximate surface area is 239 Å². The largest absolute Gasteiger partial charge is 0.457 e. The Morgan fingerprint density at radius 2 is 1.68 bits per heavy atom. The Bertz CT molecular complexity index is 1530. The van der Waals surface area contributed by atoms with Crippen molar-refractivity contribution in [2.24, 2.45) is 11.3 Å². The van der Waals surface area contributed by atoms with E-state index >= 15 is 0 Å². The van der Waals surface area contributed by atoms with Gasteiger partial charge in [-0.05, 0) is 90.8 Å². The molecule has 40 heavy (non-hydrogen) atoms. The van der Waals surface area contributed by atoms with Crippen molar-refractivity contribution < 1.29 is 19.1 Å². The highest BCUT2D eigenvalue weighted by Gasteiger charge is 2.34. The molecule has 1 aromatic heterocycles. The number of hydrogen-bond donors (Lipinski definition) is 1. The number of esters is 1. The van der Waals surface area contributed by atoms with Gasteiger partial charge in [0.25, 0.3) is 5.91 Å². The molecule has 1 heterocycles. The van der Waals surface area contributed by atoms with Crippen molar-refractivity contribution >= 4 is 40.1 Å². The number of rotatable bonds is 8. The zero-order valence-corrected chi connectivity index (χ0v) is 23.8. The molecule has 0 saturated carbocycles. The number of nitrogens with one attached hydrogen (secondary N) is 1. The number of para-hydroxylation sites is 1. The van der Waals surface area contributed by atoms with Crippen LogP contribution in [-0.2, 0) is 22.4 Å². The number of carbonyl (C=O) groups excluding carboxylic acids is 2. The van der Waals surface area contributed by atoms with Gasteiger partial charge in [0.15, 0.2) is 6.61 Å². The number of amides is 1. The first-order valence-electron chi connectivity index (χ1n) is 13.6. The summed E-state index contributed by atoms with van der Waals surface area (Å²) in [5.74, 6) is 0.798. The topological polar surface area (TPSA) is 77.5 Å². The molecule has 1 amide bonds. The summed E-state index contributed by atoms with van der Waals surface area (Å²) in [5, 5.41) is 4.17. The first-order valence-corrected chi connectivity index (χ1v) is 14.0. The first kappa shape index (κ1) is 27.7. The van der Waals surface area contributed by atoms with E-state index in [4.69, 9.17) is 26.1 Å². The van der Waals surface area contributed by atoms with Gasteiger partial charge >= 0.3 is 5.97 Å². The van der Waals surface area contributed by atoms with Crippen molar-refractivity contribution in [3.05, 3.63) is 94.6 Å². The fourth-order valence-corrected chi connectivity index (χ4v) is 5.35. The molecule has 1 unspecified atom stereocenters. The fraction of sp³-hybridized carbons (Fsp3) is 0.303. The minimum Gasteiger partial charge on any atom is -0.457 e. The van der Waals surface area contributed by atoms with E-state index in [1.165, 1.54) is 0 Å². The smallest absolute Gasteiger partial charge is 0.339 e. The summed E-state index contributed by atoms with van der Waals surface area (Å²) in [6, 6.07) is 21.7. The SMILES string of the molecule is CCC(C)(C)C1CCc2nc3ccccc3c(C(=O)OCC(=O)Nc3ccc(Oc4ccc(Cl)cc4)cc3)c2C1. The van der Waals surface area contributed by atoms with Gasteiger partial charge in [0.1, 0.15) is 11.5 Å². The van der Waals surface area contributed by atoms with Crippen LogP contribution in [0.5, 0.6) is 11.5 Å². The maximum absolute atomic E-state index is 13.5. The molecule has 206 valence electrons. The molecule has 0 fully saturated rings. The number of fused-ring (bicyclic) bond motifs is 2. The molecule has 6 nitrogen and oxygen atoms in total. The molecule has 1 N–H and O–H groups in total. The summed E-state index contributed by atoms with van der Waals surface area (Å²) in [4.78, 5) is 31.1. The third-order valence-corrected chi connectivity index (χ3v) is 8.25. The predicted octanol–water partition coefficient (Wildman–Crippen LogP) is 8.02. The number of nitrogens with zero attached hydrogens (tertiary/aromatic N) is 1. The van der Waals surface area contributed by atoms with Crippen molar-refractivity contribution in [3.8, 4) is 11.5 Å². The summed E-state index contributed by atoms with van der Waals surface area (Å²) >= 11 is 5.92. The fourth-order valence-electron chi connectivity index (χ4n) is 5.22. The molecule has 0 saturated heterocycles. The highest BCUT2D eigenvalue weighted by molar-refractivity contribution is 6.30. The summed E-state index contributed by atoms with van der Waals surface area (Å²) in [6.45, 7) is 6.39. The number of carbonyl (C=O) groups is 2. The molecule has 0 bridgehead atoms. The van der Waals surface area contributed by atoms with Crippen LogP contribution in [0, 0.1) is 11.3 Å². The molecule has 5 rings (SSSR count). The van der Waals surface area contributed by atoms with Crippen LogP contribution in [0.4, 0.5) is 5.69 Å². The van der Waals surface area contributed by atoms with Gasteiger partial charge in [-0.3, -0.25) is 9.78 Å². The van der Waals surface area contributed by atoms with E-state index in [9.17, 15) is 9.59 Å². The van der Waals surface area contributed by atoms with Crippen LogP contribution in [0.1, 0.15) is 55.2 Å². The van der Waals surface area contributed by atoms with E-state index in [1.807, 2.05) is 24.3 Å². The van der Waals surface area contributed by atoms with Crippen LogP contribution in [0.2, 0.25) is 5.02 Å². The third-order valence-electron chi connectivity index (χ3n) is 8.00.